The number of benzene rings is 1. The van der Waals surface area contributed by atoms with Crippen LogP contribution in [0.3, 0.4) is 0 Å². The number of halogens is 1. The molecule has 2 aromatic heterocycles. The lowest BCUT2D eigenvalue weighted by Crippen LogP contribution is -1.96. The molecule has 0 saturated carbocycles. The summed E-state index contributed by atoms with van der Waals surface area (Å²) in [5.74, 6) is -0.242. The molecule has 2 heterocycles. The van der Waals surface area contributed by atoms with Crippen LogP contribution in [-0.4, -0.2) is 16.5 Å². The topological polar surface area (TPSA) is 40.7 Å². The number of fused-ring (bicyclic) bond motifs is 1. The maximum Gasteiger partial charge on any atom is 0.183 e. The summed E-state index contributed by atoms with van der Waals surface area (Å²) < 4.78 is 13.3. The molecular weight excluding hydrogens is 261 g/mol. The number of rotatable bonds is 4. The van der Waals surface area contributed by atoms with E-state index < -0.39 is 0 Å². The zero-order valence-electron chi connectivity index (χ0n) is 10.1. The van der Waals surface area contributed by atoms with Gasteiger partial charge >= 0.3 is 0 Å². The van der Waals surface area contributed by atoms with Crippen molar-refractivity contribution in [3.05, 3.63) is 48.2 Å². The Morgan fingerprint density at radius 1 is 1.47 bits per heavy atom. The number of hydrogen-bond acceptors (Lipinski definition) is 3. The van der Waals surface area contributed by atoms with E-state index in [0.29, 0.717) is 6.54 Å². The number of thiazole rings is 1. The summed E-state index contributed by atoms with van der Waals surface area (Å²) in [6.45, 7) is 4.33. The molecule has 0 amide bonds. The van der Waals surface area contributed by atoms with Crippen LogP contribution in [-0.2, 0) is 0 Å². The number of H-pyrrole nitrogens is 1. The quantitative estimate of drug-likeness (QED) is 0.705. The molecule has 3 aromatic rings. The Labute approximate surface area is 113 Å². The highest BCUT2D eigenvalue weighted by Crippen LogP contribution is 2.31. The van der Waals surface area contributed by atoms with Crippen molar-refractivity contribution in [3.8, 4) is 11.3 Å². The molecular formula is C14H12FN3S. The van der Waals surface area contributed by atoms with Crippen LogP contribution in [0.25, 0.3) is 22.2 Å². The second-order valence-electron chi connectivity index (χ2n) is 4.10. The summed E-state index contributed by atoms with van der Waals surface area (Å²) in [4.78, 5) is 7.61. The van der Waals surface area contributed by atoms with E-state index >= 15 is 0 Å². The molecule has 3 rings (SSSR count). The van der Waals surface area contributed by atoms with Crippen molar-refractivity contribution in [2.45, 2.75) is 0 Å². The molecule has 1 aromatic carbocycles. The van der Waals surface area contributed by atoms with Gasteiger partial charge in [-0.1, -0.05) is 6.08 Å². The number of anilines is 1. The second kappa shape index (κ2) is 4.85. The zero-order chi connectivity index (χ0) is 13.2. The first kappa shape index (κ1) is 11.9. The third-order valence-corrected chi connectivity index (χ3v) is 3.62. The van der Waals surface area contributed by atoms with Crippen molar-refractivity contribution in [1.82, 2.24) is 9.97 Å². The maximum atomic E-state index is 13.3. The number of nitrogens with zero attached hydrogens (tertiary/aromatic N) is 1. The van der Waals surface area contributed by atoms with Gasteiger partial charge in [-0.25, -0.2) is 9.37 Å². The lowest BCUT2D eigenvalue weighted by atomic mass is 10.1. The number of hydrogen-bond donors (Lipinski definition) is 2. The smallest absolute Gasteiger partial charge is 0.183 e. The normalized spacial score (nSPS) is 10.8. The van der Waals surface area contributed by atoms with Gasteiger partial charge in [0.25, 0.3) is 0 Å². The molecule has 0 spiro atoms. The van der Waals surface area contributed by atoms with Gasteiger partial charge in [-0.05, 0) is 18.2 Å². The molecule has 0 aliphatic heterocycles. The van der Waals surface area contributed by atoms with Crippen LogP contribution in [0, 0.1) is 5.82 Å². The van der Waals surface area contributed by atoms with Crippen LogP contribution in [0.4, 0.5) is 9.52 Å². The highest BCUT2D eigenvalue weighted by molar-refractivity contribution is 7.14. The number of aromatic amines is 1. The van der Waals surface area contributed by atoms with Crippen molar-refractivity contribution in [2.75, 3.05) is 11.9 Å². The monoisotopic (exact) mass is 273 g/mol. The Morgan fingerprint density at radius 3 is 3.21 bits per heavy atom. The lowest BCUT2D eigenvalue weighted by molar-refractivity contribution is 0.630. The summed E-state index contributed by atoms with van der Waals surface area (Å²) in [7, 11) is 0. The van der Waals surface area contributed by atoms with Crippen molar-refractivity contribution in [1.29, 1.82) is 0 Å². The van der Waals surface area contributed by atoms with Gasteiger partial charge in [-0.15, -0.1) is 17.9 Å². The minimum Gasteiger partial charge on any atom is -0.360 e. The van der Waals surface area contributed by atoms with Crippen LogP contribution in [0.5, 0.6) is 0 Å². The Balaban J connectivity index is 2.01. The third kappa shape index (κ3) is 2.24. The van der Waals surface area contributed by atoms with Crippen LogP contribution in [0.1, 0.15) is 0 Å². The van der Waals surface area contributed by atoms with Gasteiger partial charge in [0.1, 0.15) is 5.82 Å². The Morgan fingerprint density at radius 2 is 2.37 bits per heavy atom. The standard InChI is InChI=1S/C14H12FN3S/c1-2-5-16-14-18-13(8-19-14)11-7-17-12-4-3-9(15)6-10(11)12/h2-4,6-8,17H,1,5H2,(H,16,18). The third-order valence-electron chi connectivity index (χ3n) is 2.82. The molecule has 0 unspecified atom stereocenters. The Kier molecular flexibility index (Phi) is 3.05. The van der Waals surface area contributed by atoms with Gasteiger partial charge in [-0.3, -0.25) is 0 Å². The van der Waals surface area contributed by atoms with E-state index in [1.807, 2.05) is 11.6 Å². The fourth-order valence-electron chi connectivity index (χ4n) is 1.94. The first-order chi connectivity index (χ1) is 9.28. The van der Waals surface area contributed by atoms with E-state index in [9.17, 15) is 4.39 Å². The van der Waals surface area contributed by atoms with Gasteiger partial charge in [-0.2, -0.15) is 0 Å². The van der Waals surface area contributed by atoms with Gasteiger partial charge in [0.05, 0.1) is 5.69 Å². The fraction of sp³-hybridized carbons (Fsp3) is 0.0714. The minimum atomic E-state index is -0.242. The highest BCUT2D eigenvalue weighted by atomic mass is 32.1. The van der Waals surface area contributed by atoms with Gasteiger partial charge < -0.3 is 10.3 Å². The average Bonchev–Trinajstić information content (AvgIpc) is 3.01. The molecule has 0 fully saturated rings. The first-order valence-electron chi connectivity index (χ1n) is 5.85. The molecule has 3 nitrogen and oxygen atoms in total. The van der Waals surface area contributed by atoms with Crippen molar-refractivity contribution < 1.29 is 4.39 Å². The molecule has 0 saturated heterocycles. The molecule has 19 heavy (non-hydrogen) atoms. The molecule has 0 aliphatic rings. The van der Waals surface area contributed by atoms with Crippen LogP contribution < -0.4 is 5.32 Å². The molecule has 0 aliphatic carbocycles. The van der Waals surface area contributed by atoms with Crippen molar-refractivity contribution in [2.24, 2.45) is 0 Å². The van der Waals surface area contributed by atoms with Crippen LogP contribution in [0.15, 0.2) is 42.4 Å². The van der Waals surface area contributed by atoms with E-state index in [4.69, 9.17) is 0 Å². The van der Waals surface area contributed by atoms with E-state index in [-0.39, 0.29) is 5.82 Å². The van der Waals surface area contributed by atoms with E-state index in [1.54, 1.807) is 12.1 Å². The Bertz CT molecular complexity index is 729. The summed E-state index contributed by atoms with van der Waals surface area (Å²) >= 11 is 1.52. The van der Waals surface area contributed by atoms with Crippen LogP contribution >= 0.6 is 11.3 Å². The summed E-state index contributed by atoms with van der Waals surface area (Å²) in [6.07, 6.45) is 3.64. The minimum absolute atomic E-state index is 0.242. The van der Waals surface area contributed by atoms with E-state index in [0.717, 1.165) is 27.3 Å². The number of nitrogens with one attached hydrogen (secondary N) is 2. The van der Waals surface area contributed by atoms with E-state index in [1.165, 1.54) is 23.5 Å². The van der Waals surface area contributed by atoms with Gasteiger partial charge in [0.2, 0.25) is 0 Å². The molecule has 0 bridgehead atoms. The number of aromatic nitrogens is 2. The van der Waals surface area contributed by atoms with Crippen LogP contribution in [0.2, 0.25) is 0 Å². The predicted molar refractivity (Wildman–Crippen MR) is 78.1 cm³/mol. The molecule has 0 radical (unpaired) electrons. The largest absolute Gasteiger partial charge is 0.360 e. The average molecular weight is 273 g/mol. The molecule has 96 valence electrons. The molecule has 2 N–H and O–H groups in total. The molecule has 0 atom stereocenters. The summed E-state index contributed by atoms with van der Waals surface area (Å²) in [5.41, 5.74) is 2.66. The van der Waals surface area contributed by atoms with Gasteiger partial charge in [0, 0.05) is 34.6 Å². The molecule has 5 heteroatoms. The second-order valence-corrected chi connectivity index (χ2v) is 4.96. The van der Waals surface area contributed by atoms with Gasteiger partial charge in [0.15, 0.2) is 5.13 Å². The highest BCUT2D eigenvalue weighted by Gasteiger charge is 2.10. The fourth-order valence-corrected chi connectivity index (χ4v) is 2.66. The predicted octanol–water partition coefficient (Wildman–Crippen LogP) is 4.03. The SMILES string of the molecule is C=CCNc1nc(-c2c[nH]c3ccc(F)cc23)cs1. The summed E-state index contributed by atoms with van der Waals surface area (Å²) in [6, 6.07) is 4.70. The maximum absolute atomic E-state index is 13.3. The van der Waals surface area contributed by atoms with E-state index in [2.05, 4.69) is 21.9 Å². The first-order valence-corrected chi connectivity index (χ1v) is 6.73. The summed E-state index contributed by atoms with van der Waals surface area (Å²) in [5, 5.41) is 6.78. The Hall–Kier alpha value is -2.14. The lowest BCUT2D eigenvalue weighted by Gasteiger charge is -1.96. The zero-order valence-corrected chi connectivity index (χ0v) is 10.9. The van der Waals surface area contributed by atoms with Crippen molar-refractivity contribution >= 4 is 27.4 Å². The van der Waals surface area contributed by atoms with Crippen molar-refractivity contribution in [3.63, 3.8) is 0 Å².